The number of fused-ring (bicyclic) bond motifs is 3. The molecular formula is C16H14. The van der Waals surface area contributed by atoms with Gasteiger partial charge in [0.1, 0.15) is 0 Å². The SMILES string of the molecule is C=CC1=Cc2c(ccc3ccccc23)CC1. The molecule has 0 nitrogen and oxygen atoms in total. The van der Waals surface area contributed by atoms with Gasteiger partial charge in [-0.05, 0) is 40.3 Å². The highest BCUT2D eigenvalue weighted by Crippen LogP contribution is 2.30. The molecule has 0 heterocycles. The molecule has 0 saturated heterocycles. The van der Waals surface area contributed by atoms with Gasteiger partial charge in [-0.2, -0.15) is 0 Å². The van der Waals surface area contributed by atoms with Crippen LogP contribution < -0.4 is 0 Å². The zero-order valence-electron chi connectivity index (χ0n) is 9.24. The third kappa shape index (κ3) is 1.38. The van der Waals surface area contributed by atoms with Crippen LogP contribution >= 0.6 is 0 Å². The lowest BCUT2D eigenvalue weighted by molar-refractivity contribution is 0.954. The maximum absolute atomic E-state index is 3.87. The minimum atomic E-state index is 1.12. The van der Waals surface area contributed by atoms with Gasteiger partial charge in [-0.25, -0.2) is 0 Å². The first-order valence-electron chi connectivity index (χ1n) is 5.72. The first-order valence-corrected chi connectivity index (χ1v) is 5.72. The zero-order chi connectivity index (χ0) is 11.0. The summed E-state index contributed by atoms with van der Waals surface area (Å²) in [6, 6.07) is 13.1. The van der Waals surface area contributed by atoms with Crippen molar-refractivity contribution in [2.45, 2.75) is 12.8 Å². The van der Waals surface area contributed by atoms with E-state index in [0.29, 0.717) is 0 Å². The summed E-state index contributed by atoms with van der Waals surface area (Å²) < 4.78 is 0. The second kappa shape index (κ2) is 3.64. The van der Waals surface area contributed by atoms with Crippen molar-refractivity contribution in [1.29, 1.82) is 0 Å². The maximum atomic E-state index is 3.87. The predicted molar refractivity (Wildman–Crippen MR) is 70.4 cm³/mol. The van der Waals surface area contributed by atoms with Gasteiger partial charge in [-0.3, -0.25) is 0 Å². The van der Waals surface area contributed by atoms with E-state index in [1.54, 1.807) is 0 Å². The van der Waals surface area contributed by atoms with Crippen LogP contribution in [0.15, 0.2) is 54.6 Å². The summed E-state index contributed by atoms with van der Waals surface area (Å²) in [5.41, 5.74) is 4.20. The van der Waals surface area contributed by atoms with Crippen LogP contribution in [0.5, 0.6) is 0 Å². The Labute approximate surface area is 95.9 Å². The lowest BCUT2D eigenvalue weighted by atomic mass is 9.89. The van der Waals surface area contributed by atoms with Crippen LogP contribution in [0.25, 0.3) is 16.8 Å². The summed E-state index contributed by atoms with van der Waals surface area (Å²) in [6.45, 7) is 3.87. The van der Waals surface area contributed by atoms with Gasteiger partial charge in [-0.15, -0.1) is 0 Å². The molecule has 0 atom stereocenters. The van der Waals surface area contributed by atoms with E-state index in [4.69, 9.17) is 0 Å². The van der Waals surface area contributed by atoms with Gasteiger partial charge in [0.2, 0.25) is 0 Å². The molecule has 0 radical (unpaired) electrons. The van der Waals surface area contributed by atoms with E-state index in [2.05, 4.69) is 49.1 Å². The standard InChI is InChI=1S/C16H14/c1-2-12-7-8-14-10-9-13-5-3-4-6-15(13)16(14)11-12/h2-6,9-11H,1,7-8H2. The number of benzene rings is 2. The Balaban J connectivity index is 2.34. The molecule has 1 aliphatic carbocycles. The molecule has 0 fully saturated rings. The minimum absolute atomic E-state index is 1.12. The van der Waals surface area contributed by atoms with E-state index >= 15 is 0 Å². The Morgan fingerprint density at radius 2 is 1.88 bits per heavy atom. The highest BCUT2D eigenvalue weighted by atomic mass is 14.1. The van der Waals surface area contributed by atoms with Crippen LogP contribution in [0.4, 0.5) is 0 Å². The van der Waals surface area contributed by atoms with E-state index in [-0.39, 0.29) is 0 Å². The van der Waals surface area contributed by atoms with Crippen molar-refractivity contribution >= 4 is 16.8 Å². The topological polar surface area (TPSA) is 0 Å². The predicted octanol–water partition coefficient (Wildman–Crippen LogP) is 4.36. The van der Waals surface area contributed by atoms with Crippen molar-refractivity contribution in [3.05, 3.63) is 65.8 Å². The van der Waals surface area contributed by atoms with Gasteiger partial charge in [-0.1, -0.05) is 55.1 Å². The van der Waals surface area contributed by atoms with Crippen LogP contribution in [0.2, 0.25) is 0 Å². The molecule has 1 aliphatic rings. The van der Waals surface area contributed by atoms with Crippen molar-refractivity contribution < 1.29 is 0 Å². The molecule has 0 aromatic heterocycles. The van der Waals surface area contributed by atoms with Crippen LogP contribution in [0.3, 0.4) is 0 Å². The first-order chi connectivity index (χ1) is 7.88. The minimum Gasteiger partial charge on any atom is -0.0988 e. The highest BCUT2D eigenvalue weighted by molar-refractivity contribution is 5.93. The van der Waals surface area contributed by atoms with Crippen LogP contribution in [-0.4, -0.2) is 0 Å². The molecule has 2 aromatic carbocycles. The van der Waals surface area contributed by atoms with Gasteiger partial charge in [0.15, 0.2) is 0 Å². The molecule has 0 amide bonds. The summed E-state index contributed by atoms with van der Waals surface area (Å²) in [5.74, 6) is 0. The lowest BCUT2D eigenvalue weighted by Crippen LogP contribution is -1.98. The third-order valence-corrected chi connectivity index (χ3v) is 3.34. The van der Waals surface area contributed by atoms with Crippen molar-refractivity contribution in [3.63, 3.8) is 0 Å². The Bertz CT molecular complexity index is 588. The average molecular weight is 206 g/mol. The van der Waals surface area contributed by atoms with Crippen molar-refractivity contribution in [3.8, 4) is 0 Å². The summed E-state index contributed by atoms with van der Waals surface area (Å²) >= 11 is 0. The summed E-state index contributed by atoms with van der Waals surface area (Å²) in [5, 5.41) is 2.68. The Hall–Kier alpha value is -1.82. The number of allylic oxidation sites excluding steroid dienone is 2. The molecule has 0 bridgehead atoms. The first kappa shape index (κ1) is 9.41. The average Bonchev–Trinajstić information content (AvgIpc) is 2.38. The second-order valence-electron chi connectivity index (χ2n) is 4.28. The fourth-order valence-corrected chi connectivity index (χ4v) is 2.43. The number of hydrogen-bond donors (Lipinski definition) is 0. The Kier molecular flexibility index (Phi) is 2.14. The Morgan fingerprint density at radius 1 is 1.00 bits per heavy atom. The quantitative estimate of drug-likeness (QED) is 0.650. The van der Waals surface area contributed by atoms with Crippen molar-refractivity contribution in [1.82, 2.24) is 0 Å². The molecule has 0 spiro atoms. The molecule has 2 aromatic rings. The normalized spacial score (nSPS) is 14.4. The van der Waals surface area contributed by atoms with Gasteiger partial charge in [0, 0.05) is 0 Å². The largest absolute Gasteiger partial charge is 0.0988 e. The van der Waals surface area contributed by atoms with Crippen LogP contribution in [0, 0.1) is 0 Å². The van der Waals surface area contributed by atoms with Gasteiger partial charge >= 0.3 is 0 Å². The number of hydrogen-bond acceptors (Lipinski definition) is 0. The van der Waals surface area contributed by atoms with Crippen LogP contribution in [0.1, 0.15) is 17.5 Å². The van der Waals surface area contributed by atoms with E-state index in [0.717, 1.165) is 12.8 Å². The summed E-state index contributed by atoms with van der Waals surface area (Å²) in [4.78, 5) is 0. The van der Waals surface area contributed by atoms with E-state index in [1.165, 1.54) is 27.5 Å². The van der Waals surface area contributed by atoms with E-state index in [9.17, 15) is 0 Å². The fourth-order valence-electron chi connectivity index (χ4n) is 2.43. The van der Waals surface area contributed by atoms with Gasteiger partial charge < -0.3 is 0 Å². The van der Waals surface area contributed by atoms with Gasteiger partial charge in [0.25, 0.3) is 0 Å². The monoisotopic (exact) mass is 206 g/mol. The number of aryl methyl sites for hydroxylation is 1. The third-order valence-electron chi connectivity index (χ3n) is 3.34. The second-order valence-corrected chi connectivity index (χ2v) is 4.28. The molecule has 78 valence electrons. The van der Waals surface area contributed by atoms with Crippen molar-refractivity contribution in [2.75, 3.05) is 0 Å². The van der Waals surface area contributed by atoms with Crippen LogP contribution in [-0.2, 0) is 6.42 Å². The van der Waals surface area contributed by atoms with E-state index < -0.39 is 0 Å². The number of rotatable bonds is 1. The zero-order valence-corrected chi connectivity index (χ0v) is 9.24. The summed E-state index contributed by atoms with van der Waals surface area (Å²) in [6.07, 6.45) is 6.52. The molecule has 0 aliphatic heterocycles. The van der Waals surface area contributed by atoms with Crippen molar-refractivity contribution in [2.24, 2.45) is 0 Å². The maximum Gasteiger partial charge on any atom is -0.0109 e. The van der Waals surface area contributed by atoms with E-state index in [1.807, 2.05) is 6.08 Å². The molecule has 0 saturated carbocycles. The fraction of sp³-hybridized carbons (Fsp3) is 0.125. The molecule has 0 N–H and O–H groups in total. The molecule has 0 heteroatoms. The van der Waals surface area contributed by atoms with Gasteiger partial charge in [0.05, 0.1) is 0 Å². The molecule has 0 unspecified atom stereocenters. The smallest absolute Gasteiger partial charge is 0.0109 e. The lowest BCUT2D eigenvalue weighted by Gasteiger charge is -2.16. The highest BCUT2D eigenvalue weighted by Gasteiger charge is 2.10. The summed E-state index contributed by atoms with van der Waals surface area (Å²) in [7, 11) is 0. The molecule has 3 rings (SSSR count). The molecular weight excluding hydrogens is 192 g/mol. The molecule has 16 heavy (non-hydrogen) atoms. The Morgan fingerprint density at radius 3 is 2.75 bits per heavy atom.